The van der Waals surface area contributed by atoms with Crippen LogP contribution in [0.4, 0.5) is 10.3 Å². The van der Waals surface area contributed by atoms with Gasteiger partial charge in [0.25, 0.3) is 0 Å². The SMILES string of the molecule is CSC1(CNc2nc3ccc(F)cn3n2)CCCC1. The van der Waals surface area contributed by atoms with Gasteiger partial charge < -0.3 is 5.32 Å². The van der Waals surface area contributed by atoms with Gasteiger partial charge in [-0.05, 0) is 31.2 Å². The van der Waals surface area contributed by atoms with E-state index in [-0.39, 0.29) is 5.82 Å². The Bertz CT molecular complexity index is 577. The second kappa shape index (κ2) is 5.00. The second-order valence-electron chi connectivity index (χ2n) is 5.03. The van der Waals surface area contributed by atoms with Crippen molar-refractivity contribution in [3.8, 4) is 0 Å². The summed E-state index contributed by atoms with van der Waals surface area (Å²) >= 11 is 1.92. The number of nitrogens with one attached hydrogen (secondary N) is 1. The van der Waals surface area contributed by atoms with E-state index in [4.69, 9.17) is 0 Å². The van der Waals surface area contributed by atoms with Gasteiger partial charge in [-0.3, -0.25) is 0 Å². The van der Waals surface area contributed by atoms with Crippen molar-refractivity contribution in [1.29, 1.82) is 0 Å². The number of halogens is 1. The monoisotopic (exact) mass is 280 g/mol. The van der Waals surface area contributed by atoms with E-state index in [9.17, 15) is 4.39 Å². The number of nitrogens with zero attached hydrogens (tertiary/aromatic N) is 3. The van der Waals surface area contributed by atoms with Crippen molar-refractivity contribution in [3.05, 3.63) is 24.1 Å². The van der Waals surface area contributed by atoms with Crippen molar-refractivity contribution in [2.75, 3.05) is 18.1 Å². The van der Waals surface area contributed by atoms with Crippen LogP contribution in [0.2, 0.25) is 0 Å². The minimum atomic E-state index is -0.305. The van der Waals surface area contributed by atoms with E-state index in [0.29, 0.717) is 16.3 Å². The summed E-state index contributed by atoms with van der Waals surface area (Å²) in [4.78, 5) is 4.35. The van der Waals surface area contributed by atoms with E-state index in [1.165, 1.54) is 42.5 Å². The maximum atomic E-state index is 13.1. The van der Waals surface area contributed by atoms with Gasteiger partial charge in [-0.1, -0.05) is 12.8 Å². The van der Waals surface area contributed by atoms with E-state index in [0.717, 1.165) is 6.54 Å². The Labute approximate surface area is 115 Å². The second-order valence-corrected chi connectivity index (χ2v) is 6.31. The third-order valence-electron chi connectivity index (χ3n) is 3.81. The van der Waals surface area contributed by atoms with E-state index >= 15 is 0 Å². The van der Waals surface area contributed by atoms with Gasteiger partial charge in [0.2, 0.25) is 5.95 Å². The van der Waals surface area contributed by atoms with Crippen molar-refractivity contribution in [2.45, 2.75) is 30.4 Å². The molecule has 1 N–H and O–H groups in total. The zero-order valence-electron chi connectivity index (χ0n) is 10.9. The molecule has 0 amide bonds. The molecule has 0 unspecified atom stereocenters. The highest BCUT2D eigenvalue weighted by Crippen LogP contribution is 2.40. The van der Waals surface area contributed by atoms with Gasteiger partial charge in [0, 0.05) is 11.3 Å². The lowest BCUT2D eigenvalue weighted by atomic mass is 10.1. The molecule has 4 nitrogen and oxygen atoms in total. The third-order valence-corrected chi connectivity index (χ3v) is 5.23. The van der Waals surface area contributed by atoms with Crippen molar-refractivity contribution >= 4 is 23.4 Å². The average Bonchev–Trinajstić information content (AvgIpc) is 3.02. The summed E-state index contributed by atoms with van der Waals surface area (Å²) in [6, 6.07) is 3.03. The molecule has 0 aromatic carbocycles. The smallest absolute Gasteiger partial charge is 0.243 e. The highest BCUT2D eigenvalue weighted by Gasteiger charge is 2.32. The first-order valence-corrected chi connectivity index (χ1v) is 7.74. The van der Waals surface area contributed by atoms with E-state index in [1.807, 2.05) is 11.8 Å². The lowest BCUT2D eigenvalue weighted by Gasteiger charge is -2.26. The molecule has 2 aromatic rings. The first kappa shape index (κ1) is 12.7. The summed E-state index contributed by atoms with van der Waals surface area (Å²) < 4.78 is 14.9. The minimum absolute atomic E-state index is 0.305. The Hall–Kier alpha value is -1.30. The van der Waals surface area contributed by atoms with Crippen LogP contribution in [0.1, 0.15) is 25.7 Å². The summed E-state index contributed by atoms with van der Waals surface area (Å²) in [5.74, 6) is 0.270. The van der Waals surface area contributed by atoms with Crippen LogP contribution >= 0.6 is 11.8 Å². The molecular formula is C13H17FN4S. The molecule has 2 aromatic heterocycles. The maximum Gasteiger partial charge on any atom is 0.243 e. The maximum absolute atomic E-state index is 13.1. The fourth-order valence-electron chi connectivity index (χ4n) is 2.65. The molecular weight excluding hydrogens is 263 g/mol. The predicted octanol–water partition coefficient (Wildman–Crippen LogP) is 2.96. The Kier molecular flexibility index (Phi) is 3.35. The highest BCUT2D eigenvalue weighted by molar-refractivity contribution is 8.00. The first-order chi connectivity index (χ1) is 9.21. The Morgan fingerprint density at radius 2 is 2.21 bits per heavy atom. The van der Waals surface area contributed by atoms with Gasteiger partial charge in [0.15, 0.2) is 5.65 Å². The number of aromatic nitrogens is 3. The molecule has 0 saturated heterocycles. The molecule has 1 fully saturated rings. The molecule has 0 atom stereocenters. The molecule has 6 heteroatoms. The molecule has 1 aliphatic rings. The van der Waals surface area contributed by atoms with Crippen molar-refractivity contribution < 1.29 is 4.39 Å². The molecule has 1 saturated carbocycles. The number of anilines is 1. The Morgan fingerprint density at radius 1 is 1.42 bits per heavy atom. The van der Waals surface area contributed by atoms with Crippen LogP contribution in [-0.4, -0.2) is 32.1 Å². The molecule has 2 heterocycles. The van der Waals surface area contributed by atoms with E-state index in [1.54, 1.807) is 6.07 Å². The van der Waals surface area contributed by atoms with Gasteiger partial charge in [-0.15, -0.1) is 5.10 Å². The van der Waals surface area contributed by atoms with Crippen molar-refractivity contribution in [3.63, 3.8) is 0 Å². The third kappa shape index (κ3) is 2.54. The van der Waals surface area contributed by atoms with Crippen LogP contribution in [-0.2, 0) is 0 Å². The largest absolute Gasteiger partial charge is 0.352 e. The number of rotatable bonds is 4. The summed E-state index contributed by atoms with van der Waals surface area (Å²) in [5, 5.41) is 7.55. The lowest BCUT2D eigenvalue weighted by Crippen LogP contribution is -2.30. The van der Waals surface area contributed by atoms with Gasteiger partial charge in [-0.25, -0.2) is 8.91 Å². The molecule has 3 rings (SSSR count). The Morgan fingerprint density at radius 3 is 2.95 bits per heavy atom. The van der Waals surface area contributed by atoms with Crippen LogP contribution in [0.15, 0.2) is 18.3 Å². The molecule has 0 bridgehead atoms. The zero-order valence-corrected chi connectivity index (χ0v) is 11.7. The average molecular weight is 280 g/mol. The van der Waals surface area contributed by atoms with E-state index in [2.05, 4.69) is 21.7 Å². The number of hydrogen-bond acceptors (Lipinski definition) is 4. The predicted molar refractivity (Wildman–Crippen MR) is 76.1 cm³/mol. The summed E-state index contributed by atoms with van der Waals surface area (Å²) in [7, 11) is 0. The van der Waals surface area contributed by atoms with Crippen molar-refractivity contribution in [2.24, 2.45) is 0 Å². The van der Waals surface area contributed by atoms with Crippen molar-refractivity contribution in [1.82, 2.24) is 14.6 Å². The molecule has 19 heavy (non-hydrogen) atoms. The van der Waals surface area contributed by atoms with Crippen LogP contribution < -0.4 is 5.32 Å². The standard InChI is InChI=1S/C13H17FN4S/c1-19-13(6-2-3-7-13)9-15-12-16-11-5-4-10(14)8-18(11)17-12/h4-5,8H,2-3,6-7,9H2,1H3,(H,15,17). The van der Waals surface area contributed by atoms with Crippen LogP contribution in [0.3, 0.4) is 0 Å². The number of fused-ring (bicyclic) bond motifs is 1. The quantitative estimate of drug-likeness (QED) is 0.935. The lowest BCUT2D eigenvalue weighted by molar-refractivity contribution is 0.614. The van der Waals surface area contributed by atoms with Crippen LogP contribution in [0.5, 0.6) is 0 Å². The first-order valence-electron chi connectivity index (χ1n) is 6.52. The van der Waals surface area contributed by atoms with Gasteiger partial charge in [0.1, 0.15) is 5.82 Å². The summed E-state index contributed by atoms with van der Waals surface area (Å²) in [6.45, 7) is 0.869. The molecule has 102 valence electrons. The van der Waals surface area contributed by atoms with Crippen LogP contribution in [0.25, 0.3) is 5.65 Å². The van der Waals surface area contributed by atoms with Gasteiger partial charge >= 0.3 is 0 Å². The molecule has 0 radical (unpaired) electrons. The minimum Gasteiger partial charge on any atom is -0.352 e. The van der Waals surface area contributed by atoms with E-state index < -0.39 is 0 Å². The topological polar surface area (TPSA) is 42.2 Å². The fourth-order valence-corrected chi connectivity index (χ4v) is 3.56. The van der Waals surface area contributed by atoms with Gasteiger partial charge in [-0.2, -0.15) is 16.7 Å². The molecule has 0 spiro atoms. The zero-order chi connectivity index (χ0) is 13.3. The fraction of sp³-hybridized carbons (Fsp3) is 0.538. The molecule has 0 aliphatic heterocycles. The van der Waals surface area contributed by atoms with Gasteiger partial charge in [0.05, 0.1) is 6.20 Å². The van der Waals surface area contributed by atoms with Crippen LogP contribution in [0, 0.1) is 5.82 Å². The number of pyridine rings is 1. The number of hydrogen-bond donors (Lipinski definition) is 1. The summed E-state index contributed by atoms with van der Waals surface area (Å²) in [5.41, 5.74) is 0.661. The highest BCUT2D eigenvalue weighted by atomic mass is 32.2. The Balaban J connectivity index is 1.74. The normalized spacial score (nSPS) is 18.0. The molecule has 1 aliphatic carbocycles. The number of thioether (sulfide) groups is 1. The summed E-state index contributed by atoms with van der Waals surface area (Å²) in [6.07, 6.45) is 8.58.